The van der Waals surface area contributed by atoms with E-state index in [4.69, 9.17) is 0 Å². The minimum absolute atomic E-state index is 0.0266. The Morgan fingerprint density at radius 3 is 2.29 bits per heavy atom. The molecule has 0 saturated carbocycles. The topological polar surface area (TPSA) is 62.5 Å². The van der Waals surface area contributed by atoms with Crippen molar-refractivity contribution in [3.63, 3.8) is 0 Å². The van der Waals surface area contributed by atoms with Crippen LogP contribution in [0.1, 0.15) is 58.7 Å². The maximum Gasteiger partial charge on any atom is 0.245 e. The zero-order chi connectivity index (χ0) is 15.8. The quantitative estimate of drug-likeness (QED) is 0.929. The number of aliphatic hydroxyl groups excluding tert-OH is 1. The lowest BCUT2D eigenvalue weighted by Crippen LogP contribution is -2.47. The third-order valence-electron chi connectivity index (χ3n) is 4.31. The summed E-state index contributed by atoms with van der Waals surface area (Å²) < 4.78 is 29.3. The van der Waals surface area contributed by atoms with Crippen LogP contribution in [0.2, 0.25) is 0 Å². The molecule has 1 N–H and O–H groups in total. The van der Waals surface area contributed by atoms with Crippen LogP contribution in [0.3, 0.4) is 0 Å². The van der Waals surface area contributed by atoms with Gasteiger partial charge in [0.15, 0.2) is 0 Å². The van der Waals surface area contributed by atoms with E-state index in [2.05, 4.69) is 0 Å². The molecule has 1 aliphatic rings. The SMILES string of the molecule is CC(C)n1cc(S(=O)(=O)N2[C@H](C)CCC[C@@H]2C)cc1CO. The molecule has 21 heavy (non-hydrogen) atoms. The Bertz CT molecular complexity index is 582. The number of aliphatic hydroxyl groups is 1. The number of hydrogen-bond acceptors (Lipinski definition) is 3. The van der Waals surface area contributed by atoms with E-state index in [-0.39, 0.29) is 24.7 Å². The van der Waals surface area contributed by atoms with Gasteiger partial charge in [0.1, 0.15) is 4.90 Å². The lowest BCUT2D eigenvalue weighted by Gasteiger charge is -2.37. The largest absolute Gasteiger partial charge is 0.390 e. The minimum Gasteiger partial charge on any atom is -0.390 e. The first kappa shape index (κ1) is 16.5. The number of aromatic nitrogens is 1. The van der Waals surface area contributed by atoms with Gasteiger partial charge in [-0.25, -0.2) is 8.42 Å². The van der Waals surface area contributed by atoms with Gasteiger partial charge in [-0.3, -0.25) is 0 Å². The van der Waals surface area contributed by atoms with Crippen molar-refractivity contribution in [2.45, 2.75) is 76.6 Å². The van der Waals surface area contributed by atoms with Gasteiger partial charge in [-0.2, -0.15) is 4.31 Å². The third kappa shape index (κ3) is 3.03. The van der Waals surface area contributed by atoms with Crippen molar-refractivity contribution >= 4 is 10.0 Å². The molecule has 1 aromatic rings. The van der Waals surface area contributed by atoms with Gasteiger partial charge in [-0.05, 0) is 46.6 Å². The molecule has 2 atom stereocenters. The average molecular weight is 314 g/mol. The van der Waals surface area contributed by atoms with E-state index in [0.717, 1.165) is 19.3 Å². The summed E-state index contributed by atoms with van der Waals surface area (Å²) in [6.45, 7) is 7.74. The van der Waals surface area contributed by atoms with E-state index >= 15 is 0 Å². The van der Waals surface area contributed by atoms with Crippen LogP contribution in [-0.4, -0.2) is 34.5 Å². The highest BCUT2D eigenvalue weighted by Gasteiger charge is 2.36. The first-order valence-corrected chi connectivity index (χ1v) is 9.08. The van der Waals surface area contributed by atoms with Crippen LogP contribution in [0, 0.1) is 0 Å². The van der Waals surface area contributed by atoms with E-state index in [1.807, 2.05) is 32.3 Å². The van der Waals surface area contributed by atoms with Crippen LogP contribution in [0.15, 0.2) is 17.2 Å². The first-order valence-electron chi connectivity index (χ1n) is 7.64. The Kier molecular flexibility index (Phi) is 4.80. The normalized spacial score (nSPS) is 24.7. The van der Waals surface area contributed by atoms with Crippen LogP contribution in [-0.2, 0) is 16.6 Å². The highest BCUT2D eigenvalue weighted by Crippen LogP contribution is 2.31. The highest BCUT2D eigenvalue weighted by molar-refractivity contribution is 7.89. The molecule has 0 radical (unpaired) electrons. The highest BCUT2D eigenvalue weighted by atomic mass is 32.2. The van der Waals surface area contributed by atoms with Crippen molar-refractivity contribution in [2.24, 2.45) is 0 Å². The summed E-state index contributed by atoms with van der Waals surface area (Å²) in [6, 6.07) is 1.77. The summed E-state index contributed by atoms with van der Waals surface area (Å²) in [6.07, 6.45) is 4.53. The summed E-state index contributed by atoms with van der Waals surface area (Å²) in [5.41, 5.74) is 0.640. The molecule has 5 nitrogen and oxygen atoms in total. The maximum absolute atomic E-state index is 12.9. The lowest BCUT2D eigenvalue weighted by atomic mass is 10.0. The average Bonchev–Trinajstić information content (AvgIpc) is 2.83. The van der Waals surface area contributed by atoms with Crippen molar-refractivity contribution in [2.75, 3.05) is 0 Å². The van der Waals surface area contributed by atoms with Crippen molar-refractivity contribution in [3.8, 4) is 0 Å². The molecule has 1 fully saturated rings. The molecule has 0 spiro atoms. The van der Waals surface area contributed by atoms with Gasteiger partial charge in [0.2, 0.25) is 10.0 Å². The molecule has 1 aliphatic heterocycles. The van der Waals surface area contributed by atoms with E-state index < -0.39 is 10.0 Å². The summed E-state index contributed by atoms with van der Waals surface area (Å²) in [7, 11) is -3.50. The Balaban J connectivity index is 2.44. The van der Waals surface area contributed by atoms with Crippen molar-refractivity contribution in [3.05, 3.63) is 18.0 Å². The lowest BCUT2D eigenvalue weighted by molar-refractivity contribution is 0.204. The second-order valence-corrected chi connectivity index (χ2v) is 8.13. The predicted octanol–water partition coefficient (Wildman–Crippen LogP) is 2.51. The van der Waals surface area contributed by atoms with E-state index in [9.17, 15) is 13.5 Å². The van der Waals surface area contributed by atoms with Crippen LogP contribution >= 0.6 is 0 Å². The summed E-state index contributed by atoms with van der Waals surface area (Å²) in [4.78, 5) is 0.292. The molecule has 0 unspecified atom stereocenters. The molecule has 1 saturated heterocycles. The van der Waals surface area contributed by atoms with Gasteiger partial charge < -0.3 is 9.67 Å². The summed E-state index contributed by atoms with van der Waals surface area (Å²) >= 11 is 0. The standard InChI is InChI=1S/C15H26N2O3S/c1-11(2)16-9-15(8-14(16)10-18)21(19,20)17-12(3)6-5-7-13(17)4/h8-9,11-13,18H,5-7,10H2,1-4H3/t12-,13+. The van der Waals surface area contributed by atoms with Crippen molar-refractivity contribution in [1.29, 1.82) is 0 Å². The monoisotopic (exact) mass is 314 g/mol. The first-order chi connectivity index (χ1) is 9.78. The molecular weight excluding hydrogens is 288 g/mol. The van der Waals surface area contributed by atoms with Gasteiger partial charge in [0.05, 0.1) is 6.61 Å². The van der Waals surface area contributed by atoms with E-state index in [1.165, 1.54) is 0 Å². The summed E-state index contributed by atoms with van der Waals surface area (Å²) in [5, 5.41) is 9.43. The molecule has 0 bridgehead atoms. The zero-order valence-corrected chi connectivity index (χ0v) is 14.1. The fourth-order valence-corrected chi connectivity index (χ4v) is 5.17. The fraction of sp³-hybridized carbons (Fsp3) is 0.733. The Hall–Kier alpha value is -0.850. The molecule has 0 amide bonds. The second-order valence-electron chi connectivity index (χ2n) is 6.29. The molecule has 2 heterocycles. The van der Waals surface area contributed by atoms with Crippen molar-refractivity contribution < 1.29 is 13.5 Å². The Morgan fingerprint density at radius 1 is 1.29 bits per heavy atom. The number of piperidine rings is 1. The van der Waals surface area contributed by atoms with Crippen molar-refractivity contribution in [1.82, 2.24) is 8.87 Å². The zero-order valence-electron chi connectivity index (χ0n) is 13.3. The fourth-order valence-electron chi connectivity index (χ4n) is 3.24. The Morgan fingerprint density at radius 2 is 1.86 bits per heavy atom. The molecule has 0 aromatic carbocycles. The molecule has 1 aromatic heterocycles. The van der Waals surface area contributed by atoms with Crippen LogP contribution in [0.4, 0.5) is 0 Å². The van der Waals surface area contributed by atoms with Crippen LogP contribution in [0.5, 0.6) is 0 Å². The van der Waals surface area contributed by atoms with E-state index in [0.29, 0.717) is 10.6 Å². The smallest absolute Gasteiger partial charge is 0.245 e. The van der Waals surface area contributed by atoms with Gasteiger partial charge in [-0.1, -0.05) is 6.42 Å². The van der Waals surface area contributed by atoms with Gasteiger partial charge >= 0.3 is 0 Å². The van der Waals surface area contributed by atoms with Crippen LogP contribution < -0.4 is 0 Å². The number of sulfonamides is 1. The number of nitrogens with zero attached hydrogens (tertiary/aromatic N) is 2. The molecular formula is C15H26N2O3S. The van der Waals surface area contributed by atoms with E-state index in [1.54, 1.807) is 16.6 Å². The van der Waals surface area contributed by atoms with Crippen LogP contribution in [0.25, 0.3) is 0 Å². The van der Waals surface area contributed by atoms with Gasteiger partial charge in [-0.15, -0.1) is 0 Å². The predicted molar refractivity (Wildman–Crippen MR) is 82.5 cm³/mol. The summed E-state index contributed by atoms with van der Waals surface area (Å²) in [5.74, 6) is 0. The van der Waals surface area contributed by atoms with Gasteiger partial charge in [0.25, 0.3) is 0 Å². The number of hydrogen-bond donors (Lipinski definition) is 1. The maximum atomic E-state index is 12.9. The number of rotatable bonds is 4. The minimum atomic E-state index is -3.50. The molecule has 0 aliphatic carbocycles. The third-order valence-corrected chi connectivity index (χ3v) is 6.41. The molecule has 120 valence electrons. The van der Waals surface area contributed by atoms with Gasteiger partial charge in [0, 0.05) is 30.0 Å². The molecule has 6 heteroatoms. The molecule has 2 rings (SSSR count). The second kappa shape index (κ2) is 6.10. The Labute approximate surface area is 127 Å².